The van der Waals surface area contributed by atoms with Crippen LogP contribution in [0.2, 0.25) is 0 Å². The Kier molecular flexibility index (Phi) is 6.93. The first-order chi connectivity index (χ1) is 7.31. The monoisotopic (exact) mass is 207 g/mol. The van der Waals surface area contributed by atoms with Gasteiger partial charge in [0.05, 0.1) is 6.61 Å². The number of allylic oxidation sites excluding steroid dienone is 4. The van der Waals surface area contributed by atoms with Crippen molar-refractivity contribution in [1.29, 1.82) is 0 Å². The predicted molar refractivity (Wildman–Crippen MR) is 62.1 cm³/mol. The molecule has 15 heavy (non-hydrogen) atoms. The van der Waals surface area contributed by atoms with Crippen molar-refractivity contribution in [2.24, 2.45) is 0 Å². The lowest BCUT2D eigenvalue weighted by molar-refractivity contribution is 0.266. The van der Waals surface area contributed by atoms with E-state index in [-0.39, 0.29) is 6.61 Å². The smallest absolute Gasteiger partial charge is 0.167 e. The van der Waals surface area contributed by atoms with Crippen LogP contribution in [-0.2, 0) is 6.61 Å². The highest BCUT2D eigenvalue weighted by Crippen LogP contribution is 2.16. The van der Waals surface area contributed by atoms with Crippen molar-refractivity contribution >= 4 is 5.57 Å². The fourth-order valence-electron chi connectivity index (χ4n) is 0.900. The molecule has 0 bridgehead atoms. The van der Waals surface area contributed by atoms with E-state index in [0.29, 0.717) is 11.5 Å². The molecule has 0 aliphatic carbocycles. The Labute approximate surface area is 90.4 Å². The molecule has 0 spiro atoms. The summed E-state index contributed by atoms with van der Waals surface area (Å²) >= 11 is 0. The molecule has 0 aliphatic heterocycles. The first kappa shape index (κ1) is 13.4. The lowest BCUT2D eigenvalue weighted by atomic mass is 10.2. The summed E-state index contributed by atoms with van der Waals surface area (Å²) < 4.78 is 4.96. The summed E-state index contributed by atoms with van der Waals surface area (Å²) in [4.78, 5) is 0. The maximum Gasteiger partial charge on any atom is 0.167 e. The molecule has 0 amide bonds. The van der Waals surface area contributed by atoms with Crippen LogP contribution in [0.4, 0.5) is 0 Å². The van der Waals surface area contributed by atoms with Gasteiger partial charge in [-0.3, -0.25) is 0 Å². The van der Waals surface area contributed by atoms with E-state index >= 15 is 0 Å². The molecule has 1 heterocycles. The molecule has 0 fully saturated rings. The summed E-state index contributed by atoms with van der Waals surface area (Å²) in [6, 6.07) is 1.66. The van der Waals surface area contributed by atoms with Crippen LogP contribution in [0, 0.1) is 0 Å². The van der Waals surface area contributed by atoms with Gasteiger partial charge in [-0.15, -0.1) is 0 Å². The number of aliphatic hydroxyl groups excluding tert-OH is 1. The summed E-state index contributed by atoms with van der Waals surface area (Å²) in [5.74, 6) is 0.582. The van der Waals surface area contributed by atoms with Gasteiger partial charge in [-0.1, -0.05) is 50.4 Å². The molecule has 0 atom stereocenters. The zero-order chi connectivity index (χ0) is 11.7. The van der Waals surface area contributed by atoms with Gasteiger partial charge >= 0.3 is 0 Å². The number of aliphatic hydroxyl groups is 1. The Morgan fingerprint density at radius 1 is 1.53 bits per heavy atom. The molecule has 0 aromatic carbocycles. The minimum atomic E-state index is -0.123. The van der Waals surface area contributed by atoms with E-state index in [1.54, 1.807) is 24.3 Å². The quantitative estimate of drug-likeness (QED) is 0.772. The zero-order valence-electron chi connectivity index (χ0n) is 9.23. The Morgan fingerprint density at radius 2 is 2.20 bits per heavy atom. The predicted octanol–water partition coefficient (Wildman–Crippen LogP) is 2.95. The maximum atomic E-state index is 8.75. The summed E-state index contributed by atoms with van der Waals surface area (Å²) in [5, 5.41) is 12.4. The topological polar surface area (TPSA) is 46.3 Å². The Bertz CT molecular complexity index is 337. The molecule has 3 heteroatoms. The first-order valence-electron chi connectivity index (χ1n) is 4.83. The minimum Gasteiger partial charge on any atom is -0.390 e. The minimum absolute atomic E-state index is 0.123. The Morgan fingerprint density at radius 3 is 2.60 bits per heavy atom. The third-order valence-electron chi connectivity index (χ3n) is 1.52. The van der Waals surface area contributed by atoms with E-state index in [1.807, 2.05) is 13.8 Å². The number of rotatable bonds is 4. The second kappa shape index (κ2) is 7.76. The third-order valence-corrected chi connectivity index (χ3v) is 1.52. The zero-order valence-corrected chi connectivity index (χ0v) is 9.23. The van der Waals surface area contributed by atoms with Crippen LogP contribution in [0.1, 0.15) is 25.3 Å². The summed E-state index contributed by atoms with van der Waals surface area (Å²) in [6.07, 6.45) is 5.04. The lowest BCUT2D eigenvalue weighted by Crippen LogP contribution is -1.78. The van der Waals surface area contributed by atoms with Crippen molar-refractivity contribution in [2.45, 2.75) is 20.5 Å². The van der Waals surface area contributed by atoms with Crippen LogP contribution in [0.5, 0.6) is 0 Å². The van der Waals surface area contributed by atoms with Crippen LogP contribution in [0.25, 0.3) is 5.57 Å². The molecule has 0 saturated carbocycles. The van der Waals surface area contributed by atoms with Gasteiger partial charge in [0, 0.05) is 11.6 Å². The molecule has 3 nitrogen and oxygen atoms in total. The summed E-state index contributed by atoms with van der Waals surface area (Å²) in [7, 11) is 0. The number of hydrogen-bond acceptors (Lipinski definition) is 3. The molecular weight excluding hydrogens is 190 g/mol. The SMILES string of the molecule is C=C/C=C(\C=C)c1cc(CO)no1.CC. The van der Waals surface area contributed by atoms with Crippen LogP contribution >= 0.6 is 0 Å². The Balaban J connectivity index is 0.000000921. The van der Waals surface area contributed by atoms with E-state index in [0.717, 1.165) is 5.57 Å². The molecule has 0 aliphatic rings. The molecule has 1 N–H and O–H groups in total. The molecular formula is C12H17NO2. The van der Waals surface area contributed by atoms with E-state index in [2.05, 4.69) is 18.3 Å². The van der Waals surface area contributed by atoms with Crippen molar-refractivity contribution in [1.82, 2.24) is 5.16 Å². The van der Waals surface area contributed by atoms with Crippen LogP contribution in [0.15, 0.2) is 42.0 Å². The van der Waals surface area contributed by atoms with E-state index < -0.39 is 0 Å². The summed E-state index contributed by atoms with van der Waals surface area (Å²) in [6.45, 7) is 11.1. The number of aromatic nitrogens is 1. The van der Waals surface area contributed by atoms with Crippen LogP contribution in [0.3, 0.4) is 0 Å². The molecule has 0 radical (unpaired) electrons. The highest BCUT2D eigenvalue weighted by molar-refractivity contribution is 5.71. The molecule has 1 rings (SSSR count). The van der Waals surface area contributed by atoms with Crippen LogP contribution in [-0.4, -0.2) is 10.3 Å². The standard InChI is InChI=1S/C10H11NO2.C2H6/c1-3-5-8(4-2)10-6-9(7-12)11-13-10;1-2/h3-6,12H,1-2,7H2;1-2H3/b8-5+;. The third kappa shape index (κ3) is 3.95. The van der Waals surface area contributed by atoms with Crippen molar-refractivity contribution in [3.63, 3.8) is 0 Å². The van der Waals surface area contributed by atoms with Gasteiger partial charge in [0.25, 0.3) is 0 Å². The van der Waals surface area contributed by atoms with Gasteiger partial charge in [-0.25, -0.2) is 0 Å². The van der Waals surface area contributed by atoms with E-state index in [4.69, 9.17) is 9.63 Å². The molecule has 0 saturated heterocycles. The first-order valence-corrected chi connectivity index (χ1v) is 4.83. The van der Waals surface area contributed by atoms with Crippen molar-refractivity contribution in [3.8, 4) is 0 Å². The van der Waals surface area contributed by atoms with Gasteiger partial charge in [0.2, 0.25) is 0 Å². The summed E-state index contributed by atoms with van der Waals surface area (Å²) in [5.41, 5.74) is 1.30. The van der Waals surface area contributed by atoms with Gasteiger partial charge in [0.1, 0.15) is 5.69 Å². The average molecular weight is 207 g/mol. The molecule has 82 valence electrons. The second-order valence-corrected chi connectivity index (χ2v) is 2.40. The van der Waals surface area contributed by atoms with Crippen LogP contribution < -0.4 is 0 Å². The average Bonchev–Trinajstić information content (AvgIpc) is 2.77. The molecule has 1 aromatic heterocycles. The molecule has 1 aromatic rings. The van der Waals surface area contributed by atoms with Gasteiger partial charge in [0.15, 0.2) is 5.76 Å². The number of nitrogens with zero attached hydrogens (tertiary/aromatic N) is 1. The maximum absolute atomic E-state index is 8.75. The normalized spacial score (nSPS) is 10.2. The fraction of sp³-hybridized carbons (Fsp3) is 0.250. The Hall–Kier alpha value is -1.61. The van der Waals surface area contributed by atoms with Gasteiger partial charge < -0.3 is 9.63 Å². The van der Waals surface area contributed by atoms with Gasteiger partial charge in [-0.2, -0.15) is 0 Å². The fourth-order valence-corrected chi connectivity index (χ4v) is 0.900. The second-order valence-electron chi connectivity index (χ2n) is 2.40. The van der Waals surface area contributed by atoms with E-state index in [1.165, 1.54) is 0 Å². The lowest BCUT2D eigenvalue weighted by Gasteiger charge is -1.90. The molecule has 0 unspecified atom stereocenters. The van der Waals surface area contributed by atoms with Crippen molar-refractivity contribution in [2.75, 3.05) is 0 Å². The highest BCUT2D eigenvalue weighted by atomic mass is 16.5. The largest absolute Gasteiger partial charge is 0.390 e. The highest BCUT2D eigenvalue weighted by Gasteiger charge is 2.04. The number of hydrogen-bond donors (Lipinski definition) is 1. The van der Waals surface area contributed by atoms with E-state index in [9.17, 15) is 0 Å². The van der Waals surface area contributed by atoms with Crippen molar-refractivity contribution in [3.05, 3.63) is 48.9 Å². The van der Waals surface area contributed by atoms with Gasteiger partial charge in [-0.05, 0) is 0 Å². The van der Waals surface area contributed by atoms with Crippen molar-refractivity contribution < 1.29 is 9.63 Å².